The lowest BCUT2D eigenvalue weighted by molar-refractivity contribution is 0.112. The van der Waals surface area contributed by atoms with Gasteiger partial charge in [-0.05, 0) is 47.5 Å². The predicted molar refractivity (Wildman–Crippen MR) is 68.2 cm³/mol. The van der Waals surface area contributed by atoms with Gasteiger partial charge >= 0.3 is 0 Å². The number of piperidine rings is 1. The molecule has 1 fully saturated rings. The minimum atomic E-state index is 0.183. The topological polar surface area (TPSA) is 33.3 Å². The number of hydrogen-bond donors (Lipinski definition) is 2. The molecule has 0 aromatic rings. The third-order valence-corrected chi connectivity index (χ3v) is 2.88. The molecule has 0 atom stereocenters. The van der Waals surface area contributed by atoms with E-state index in [1.807, 2.05) is 6.92 Å². The van der Waals surface area contributed by atoms with Crippen LogP contribution >= 0.6 is 0 Å². The van der Waals surface area contributed by atoms with Crippen LogP contribution in [0.2, 0.25) is 0 Å². The Hall–Kier alpha value is -0.540. The lowest BCUT2D eigenvalue weighted by atomic mass is 9.80. The van der Waals surface area contributed by atoms with Gasteiger partial charge in [-0.15, -0.1) is 0 Å². The molecule has 0 aliphatic carbocycles. The molecule has 0 aromatic carbocycles. The molecule has 3 nitrogen and oxygen atoms in total. The van der Waals surface area contributed by atoms with Crippen molar-refractivity contribution in [2.45, 2.75) is 64.6 Å². The SMILES string of the molecule is C=C(C)OCNC1CC(C)(C)NC(C)(C)C1. The highest BCUT2D eigenvalue weighted by Crippen LogP contribution is 2.28. The van der Waals surface area contributed by atoms with E-state index in [1.165, 1.54) is 0 Å². The average Bonchev–Trinajstić information content (AvgIpc) is 1.96. The Balaban J connectivity index is 2.45. The largest absolute Gasteiger partial charge is 0.484 e. The van der Waals surface area contributed by atoms with E-state index in [4.69, 9.17) is 4.74 Å². The van der Waals surface area contributed by atoms with Crippen LogP contribution in [0.15, 0.2) is 12.3 Å². The first-order valence-electron chi connectivity index (χ1n) is 6.01. The summed E-state index contributed by atoms with van der Waals surface area (Å²) in [6.07, 6.45) is 2.24. The quantitative estimate of drug-likeness (QED) is 0.570. The molecule has 1 aliphatic heterocycles. The van der Waals surface area contributed by atoms with Gasteiger partial charge in [0.25, 0.3) is 0 Å². The highest BCUT2D eigenvalue weighted by Gasteiger charge is 2.37. The zero-order valence-corrected chi connectivity index (χ0v) is 11.3. The van der Waals surface area contributed by atoms with Crippen LogP contribution in [0.4, 0.5) is 0 Å². The Bertz CT molecular complexity index is 243. The second kappa shape index (κ2) is 4.76. The maximum absolute atomic E-state index is 5.35. The summed E-state index contributed by atoms with van der Waals surface area (Å²) in [5.41, 5.74) is 0.366. The third kappa shape index (κ3) is 4.54. The summed E-state index contributed by atoms with van der Waals surface area (Å²) in [5.74, 6) is 0.764. The van der Waals surface area contributed by atoms with Crippen LogP contribution < -0.4 is 10.6 Å². The van der Waals surface area contributed by atoms with Crippen LogP contribution in [0, 0.1) is 0 Å². The molecule has 16 heavy (non-hydrogen) atoms. The first-order chi connectivity index (χ1) is 7.20. The Morgan fingerprint density at radius 3 is 2.25 bits per heavy atom. The average molecular weight is 226 g/mol. The van der Waals surface area contributed by atoms with Crippen molar-refractivity contribution in [3.8, 4) is 0 Å². The van der Waals surface area contributed by atoms with E-state index in [9.17, 15) is 0 Å². The molecule has 0 radical (unpaired) electrons. The van der Waals surface area contributed by atoms with Crippen molar-refractivity contribution < 1.29 is 4.74 Å². The molecule has 0 unspecified atom stereocenters. The molecule has 0 bridgehead atoms. The van der Waals surface area contributed by atoms with Gasteiger partial charge < -0.3 is 10.1 Å². The molecule has 1 rings (SSSR count). The minimum Gasteiger partial charge on any atom is -0.484 e. The number of hydrogen-bond acceptors (Lipinski definition) is 3. The molecule has 2 N–H and O–H groups in total. The van der Waals surface area contributed by atoms with Crippen molar-refractivity contribution in [1.29, 1.82) is 0 Å². The fourth-order valence-corrected chi connectivity index (χ4v) is 2.75. The van der Waals surface area contributed by atoms with Gasteiger partial charge in [0.15, 0.2) is 0 Å². The molecule has 3 heteroatoms. The second-order valence-corrected chi connectivity index (χ2v) is 6.19. The van der Waals surface area contributed by atoms with Gasteiger partial charge in [-0.2, -0.15) is 0 Å². The fraction of sp³-hybridized carbons (Fsp3) is 0.846. The molecule has 1 saturated heterocycles. The summed E-state index contributed by atoms with van der Waals surface area (Å²) in [7, 11) is 0. The predicted octanol–water partition coefficient (Wildman–Crippen LogP) is 2.39. The van der Waals surface area contributed by atoms with E-state index in [1.54, 1.807) is 0 Å². The van der Waals surface area contributed by atoms with E-state index in [2.05, 4.69) is 44.9 Å². The van der Waals surface area contributed by atoms with Gasteiger partial charge in [-0.1, -0.05) is 6.58 Å². The minimum absolute atomic E-state index is 0.183. The van der Waals surface area contributed by atoms with Crippen LogP contribution in [-0.4, -0.2) is 23.9 Å². The first-order valence-corrected chi connectivity index (χ1v) is 6.01. The summed E-state index contributed by atoms with van der Waals surface area (Å²) in [6.45, 7) is 15.2. The van der Waals surface area contributed by atoms with Crippen molar-refractivity contribution in [1.82, 2.24) is 10.6 Å². The molecule has 0 aromatic heterocycles. The normalized spacial score (nSPS) is 24.1. The van der Waals surface area contributed by atoms with Crippen molar-refractivity contribution in [3.63, 3.8) is 0 Å². The van der Waals surface area contributed by atoms with Gasteiger partial charge in [-0.25, -0.2) is 0 Å². The third-order valence-electron chi connectivity index (χ3n) is 2.88. The Morgan fingerprint density at radius 2 is 1.81 bits per heavy atom. The monoisotopic (exact) mass is 226 g/mol. The van der Waals surface area contributed by atoms with Crippen LogP contribution in [0.5, 0.6) is 0 Å². The van der Waals surface area contributed by atoms with E-state index in [0.717, 1.165) is 18.6 Å². The lowest BCUT2D eigenvalue weighted by Gasteiger charge is -2.46. The van der Waals surface area contributed by atoms with Gasteiger partial charge in [-0.3, -0.25) is 5.32 Å². The number of allylic oxidation sites excluding steroid dienone is 1. The fourth-order valence-electron chi connectivity index (χ4n) is 2.75. The van der Waals surface area contributed by atoms with Gasteiger partial charge in [0, 0.05) is 17.1 Å². The van der Waals surface area contributed by atoms with E-state index in [-0.39, 0.29) is 11.1 Å². The van der Waals surface area contributed by atoms with Gasteiger partial charge in [0.05, 0.1) is 5.76 Å². The second-order valence-electron chi connectivity index (χ2n) is 6.19. The molecule has 94 valence electrons. The summed E-state index contributed by atoms with van der Waals surface area (Å²) < 4.78 is 5.35. The standard InChI is InChI=1S/C13H26N2O/c1-10(2)16-9-14-11-7-12(3,4)15-13(5,6)8-11/h11,14-15H,1,7-9H2,2-6H3. The molecule has 1 heterocycles. The zero-order valence-electron chi connectivity index (χ0n) is 11.3. The Morgan fingerprint density at radius 1 is 1.31 bits per heavy atom. The summed E-state index contributed by atoms with van der Waals surface area (Å²) in [6, 6.07) is 0.505. The summed E-state index contributed by atoms with van der Waals surface area (Å²) >= 11 is 0. The van der Waals surface area contributed by atoms with Crippen LogP contribution in [0.1, 0.15) is 47.5 Å². The summed E-state index contributed by atoms with van der Waals surface area (Å²) in [5, 5.41) is 7.10. The Kier molecular flexibility index (Phi) is 4.02. The van der Waals surface area contributed by atoms with E-state index >= 15 is 0 Å². The molecule has 0 saturated carbocycles. The molecular weight excluding hydrogens is 200 g/mol. The highest BCUT2D eigenvalue weighted by molar-refractivity contribution is 4.99. The van der Waals surface area contributed by atoms with Crippen molar-refractivity contribution in [2.75, 3.05) is 6.73 Å². The van der Waals surface area contributed by atoms with Gasteiger partial charge in [0.2, 0.25) is 0 Å². The smallest absolute Gasteiger partial charge is 0.139 e. The number of ether oxygens (including phenoxy) is 1. The molecular formula is C13H26N2O. The lowest BCUT2D eigenvalue weighted by Crippen LogP contribution is -2.61. The highest BCUT2D eigenvalue weighted by atomic mass is 16.5. The van der Waals surface area contributed by atoms with Crippen molar-refractivity contribution >= 4 is 0 Å². The van der Waals surface area contributed by atoms with E-state index in [0.29, 0.717) is 12.8 Å². The maximum atomic E-state index is 5.35. The van der Waals surface area contributed by atoms with Crippen molar-refractivity contribution in [2.24, 2.45) is 0 Å². The number of nitrogens with one attached hydrogen (secondary N) is 2. The van der Waals surface area contributed by atoms with Crippen LogP contribution in [0.3, 0.4) is 0 Å². The summed E-state index contributed by atoms with van der Waals surface area (Å²) in [4.78, 5) is 0. The van der Waals surface area contributed by atoms with Crippen molar-refractivity contribution in [3.05, 3.63) is 12.3 Å². The van der Waals surface area contributed by atoms with Crippen LogP contribution in [0.25, 0.3) is 0 Å². The molecule has 0 amide bonds. The molecule has 0 spiro atoms. The number of rotatable bonds is 4. The zero-order chi connectivity index (χ0) is 12.4. The van der Waals surface area contributed by atoms with Gasteiger partial charge in [0.1, 0.15) is 6.73 Å². The van der Waals surface area contributed by atoms with E-state index < -0.39 is 0 Å². The van der Waals surface area contributed by atoms with Crippen LogP contribution in [-0.2, 0) is 4.74 Å². The first kappa shape index (κ1) is 13.5. The maximum Gasteiger partial charge on any atom is 0.139 e. The Labute approximate surface area is 99.6 Å². The molecule has 1 aliphatic rings.